The van der Waals surface area contributed by atoms with Crippen molar-refractivity contribution in [1.82, 2.24) is 0 Å². The van der Waals surface area contributed by atoms with E-state index in [0.29, 0.717) is 5.71 Å². The number of rotatable bonds is 2. The molecule has 0 spiro atoms. The number of hydrogen-bond acceptors (Lipinski definition) is 2. The molecule has 0 amide bonds. The Labute approximate surface area is 103 Å². The van der Waals surface area contributed by atoms with Gasteiger partial charge in [-0.05, 0) is 24.8 Å². The van der Waals surface area contributed by atoms with Crippen LogP contribution in [0.4, 0.5) is 0 Å². The van der Waals surface area contributed by atoms with Crippen molar-refractivity contribution in [1.29, 1.82) is 10.7 Å². The summed E-state index contributed by atoms with van der Waals surface area (Å²) in [6.45, 7) is 2.13. The maximum atomic E-state index is 9.15. The van der Waals surface area contributed by atoms with E-state index in [1.165, 1.54) is 5.56 Å². The van der Waals surface area contributed by atoms with Crippen molar-refractivity contribution in [2.75, 3.05) is 0 Å². The van der Waals surface area contributed by atoms with Crippen molar-refractivity contribution in [3.8, 4) is 6.07 Å². The molecule has 1 aromatic rings. The number of hydrogen-bond donors (Lipinski definition) is 1. The Hall–Kier alpha value is -1.62. The topological polar surface area (TPSA) is 47.6 Å². The van der Waals surface area contributed by atoms with Crippen molar-refractivity contribution in [3.05, 3.63) is 35.9 Å². The largest absolute Gasteiger partial charge is 0.307 e. The van der Waals surface area contributed by atoms with Gasteiger partial charge in [0.15, 0.2) is 0 Å². The van der Waals surface area contributed by atoms with Crippen LogP contribution in [0.25, 0.3) is 0 Å². The normalized spacial score (nSPS) is 28.7. The minimum absolute atomic E-state index is 0.191. The van der Waals surface area contributed by atoms with E-state index in [0.717, 1.165) is 25.7 Å². The summed E-state index contributed by atoms with van der Waals surface area (Å²) >= 11 is 0. The molecule has 1 N–H and O–H groups in total. The zero-order chi connectivity index (χ0) is 12.3. The lowest BCUT2D eigenvalue weighted by Crippen LogP contribution is -2.42. The van der Waals surface area contributed by atoms with Gasteiger partial charge in [0.05, 0.1) is 12.0 Å². The van der Waals surface area contributed by atoms with E-state index in [4.69, 9.17) is 10.7 Å². The second-order valence-corrected chi connectivity index (χ2v) is 4.79. The van der Waals surface area contributed by atoms with E-state index >= 15 is 0 Å². The molecule has 88 valence electrons. The molecular weight excluding hydrogens is 208 g/mol. The SMILES string of the molecule is CCC1(c2ccccc2)CCCC(C#N)C1=N. The van der Waals surface area contributed by atoms with Gasteiger partial charge in [-0.3, -0.25) is 0 Å². The van der Waals surface area contributed by atoms with E-state index in [1.54, 1.807) is 0 Å². The first-order valence-electron chi connectivity index (χ1n) is 6.28. The fourth-order valence-electron chi connectivity index (χ4n) is 2.98. The van der Waals surface area contributed by atoms with Crippen LogP contribution in [-0.4, -0.2) is 5.71 Å². The summed E-state index contributed by atoms with van der Waals surface area (Å²) in [5.74, 6) is -0.191. The summed E-state index contributed by atoms with van der Waals surface area (Å²) in [6.07, 6.45) is 3.81. The molecule has 1 aliphatic carbocycles. The molecule has 1 aromatic carbocycles. The molecule has 2 rings (SSSR count). The summed E-state index contributed by atoms with van der Waals surface area (Å²) in [5.41, 5.74) is 1.63. The first-order chi connectivity index (χ1) is 8.24. The highest BCUT2D eigenvalue weighted by molar-refractivity contribution is 5.96. The number of nitrogens with one attached hydrogen (secondary N) is 1. The molecule has 0 heterocycles. The van der Waals surface area contributed by atoms with Gasteiger partial charge in [-0.2, -0.15) is 5.26 Å². The molecule has 2 heteroatoms. The lowest BCUT2D eigenvalue weighted by Gasteiger charge is -2.39. The molecule has 2 atom stereocenters. The van der Waals surface area contributed by atoms with Gasteiger partial charge in [0.25, 0.3) is 0 Å². The van der Waals surface area contributed by atoms with E-state index < -0.39 is 0 Å². The summed E-state index contributed by atoms with van der Waals surface area (Å²) in [4.78, 5) is 0. The number of benzene rings is 1. The lowest BCUT2D eigenvalue weighted by molar-refractivity contribution is 0.413. The molecule has 1 saturated carbocycles. The highest BCUT2D eigenvalue weighted by Crippen LogP contribution is 2.41. The third kappa shape index (κ3) is 1.86. The highest BCUT2D eigenvalue weighted by Gasteiger charge is 2.41. The standard InChI is InChI=1S/C15H18N2/c1-2-15(13-8-4-3-5-9-13)10-6-7-12(11-16)14(15)17/h3-5,8-9,12,17H,2,6-7,10H2,1H3. The fourth-order valence-corrected chi connectivity index (χ4v) is 2.98. The second kappa shape index (κ2) is 4.71. The molecule has 1 aliphatic rings. The third-order valence-electron chi connectivity index (χ3n) is 4.05. The monoisotopic (exact) mass is 226 g/mol. The predicted octanol–water partition coefficient (Wildman–Crippen LogP) is 3.68. The van der Waals surface area contributed by atoms with Gasteiger partial charge in [-0.1, -0.05) is 43.7 Å². The summed E-state index contributed by atoms with van der Waals surface area (Å²) < 4.78 is 0. The van der Waals surface area contributed by atoms with Gasteiger partial charge < -0.3 is 5.41 Å². The maximum Gasteiger partial charge on any atom is 0.0847 e. The quantitative estimate of drug-likeness (QED) is 0.821. The number of nitrogens with zero attached hydrogens (tertiary/aromatic N) is 1. The molecule has 1 fully saturated rings. The van der Waals surface area contributed by atoms with Crippen molar-refractivity contribution >= 4 is 5.71 Å². The predicted molar refractivity (Wildman–Crippen MR) is 69.1 cm³/mol. The summed E-state index contributed by atoms with van der Waals surface area (Å²) in [5, 5.41) is 17.5. The van der Waals surface area contributed by atoms with E-state index in [-0.39, 0.29) is 11.3 Å². The molecule has 2 unspecified atom stereocenters. The zero-order valence-electron chi connectivity index (χ0n) is 10.2. The summed E-state index contributed by atoms with van der Waals surface area (Å²) in [7, 11) is 0. The Morgan fingerprint density at radius 1 is 1.41 bits per heavy atom. The Morgan fingerprint density at radius 3 is 2.71 bits per heavy atom. The van der Waals surface area contributed by atoms with Gasteiger partial charge in [-0.15, -0.1) is 0 Å². The molecule has 2 nitrogen and oxygen atoms in total. The van der Waals surface area contributed by atoms with Gasteiger partial charge in [0.2, 0.25) is 0 Å². The van der Waals surface area contributed by atoms with E-state index in [2.05, 4.69) is 25.1 Å². The van der Waals surface area contributed by atoms with Crippen LogP contribution < -0.4 is 0 Å². The number of nitriles is 1. The van der Waals surface area contributed by atoms with Gasteiger partial charge >= 0.3 is 0 Å². The highest BCUT2D eigenvalue weighted by atomic mass is 14.6. The molecule has 17 heavy (non-hydrogen) atoms. The van der Waals surface area contributed by atoms with Gasteiger partial charge in [0.1, 0.15) is 0 Å². The van der Waals surface area contributed by atoms with Crippen LogP contribution in [0.1, 0.15) is 38.2 Å². The molecule has 0 aliphatic heterocycles. The third-order valence-corrected chi connectivity index (χ3v) is 4.05. The zero-order valence-corrected chi connectivity index (χ0v) is 10.2. The molecule has 0 radical (unpaired) electrons. The van der Waals surface area contributed by atoms with Crippen LogP contribution in [0.3, 0.4) is 0 Å². The van der Waals surface area contributed by atoms with Crippen LogP contribution in [0, 0.1) is 22.7 Å². The maximum absolute atomic E-state index is 9.15. The van der Waals surface area contributed by atoms with Crippen molar-refractivity contribution in [2.45, 2.75) is 38.0 Å². The molecular formula is C15H18N2. The molecule has 0 bridgehead atoms. The fraction of sp³-hybridized carbons (Fsp3) is 0.467. The first kappa shape index (κ1) is 11.9. The van der Waals surface area contributed by atoms with Crippen LogP contribution in [-0.2, 0) is 5.41 Å². The van der Waals surface area contributed by atoms with Crippen LogP contribution in [0.5, 0.6) is 0 Å². The average molecular weight is 226 g/mol. The Kier molecular flexibility index (Phi) is 3.28. The Bertz CT molecular complexity index is 444. The van der Waals surface area contributed by atoms with Crippen LogP contribution in [0.2, 0.25) is 0 Å². The first-order valence-corrected chi connectivity index (χ1v) is 6.28. The minimum atomic E-state index is -0.195. The van der Waals surface area contributed by atoms with Crippen molar-refractivity contribution in [2.24, 2.45) is 5.92 Å². The van der Waals surface area contributed by atoms with Crippen molar-refractivity contribution < 1.29 is 0 Å². The van der Waals surface area contributed by atoms with Gasteiger partial charge in [0, 0.05) is 11.1 Å². The Balaban J connectivity index is 2.44. The van der Waals surface area contributed by atoms with E-state index in [1.807, 2.05) is 18.2 Å². The van der Waals surface area contributed by atoms with Gasteiger partial charge in [-0.25, -0.2) is 0 Å². The summed E-state index contributed by atoms with van der Waals surface area (Å²) in [6, 6.07) is 12.5. The van der Waals surface area contributed by atoms with E-state index in [9.17, 15) is 0 Å². The second-order valence-electron chi connectivity index (χ2n) is 4.79. The lowest BCUT2D eigenvalue weighted by atomic mass is 9.63. The van der Waals surface area contributed by atoms with Crippen LogP contribution >= 0.6 is 0 Å². The average Bonchev–Trinajstić information content (AvgIpc) is 2.40. The molecule has 0 aromatic heterocycles. The molecule has 0 saturated heterocycles. The van der Waals surface area contributed by atoms with Crippen molar-refractivity contribution in [3.63, 3.8) is 0 Å². The van der Waals surface area contributed by atoms with Crippen LogP contribution in [0.15, 0.2) is 30.3 Å². The Morgan fingerprint density at radius 2 is 2.12 bits per heavy atom. The minimum Gasteiger partial charge on any atom is -0.307 e. The smallest absolute Gasteiger partial charge is 0.0847 e.